The van der Waals surface area contributed by atoms with Gasteiger partial charge in [0.15, 0.2) is 5.16 Å². The van der Waals surface area contributed by atoms with E-state index in [1.807, 2.05) is 4.57 Å². The number of imidazole rings is 1. The molecular weight excluding hydrogens is 354 g/mol. The second-order valence-electron chi connectivity index (χ2n) is 3.67. The van der Waals surface area contributed by atoms with Crippen LogP contribution in [0.2, 0.25) is 5.02 Å². The van der Waals surface area contributed by atoms with Crippen molar-refractivity contribution in [1.29, 1.82) is 0 Å². The maximum absolute atomic E-state index is 10.7. The fourth-order valence-corrected chi connectivity index (χ4v) is 2.81. The third-order valence-corrected chi connectivity index (χ3v) is 3.71. The number of aliphatic carboxylic acids is 1. The zero-order valence-corrected chi connectivity index (χ0v) is 12.8. The second kappa shape index (κ2) is 5.94. The molecule has 0 atom stereocenters. The summed E-state index contributed by atoms with van der Waals surface area (Å²) in [5.74, 6) is -0.964. The number of halogens is 2. The van der Waals surface area contributed by atoms with Crippen molar-refractivity contribution >= 4 is 56.3 Å². The van der Waals surface area contributed by atoms with Crippen LogP contribution in [0, 0.1) is 0 Å². The van der Waals surface area contributed by atoms with Crippen molar-refractivity contribution in [1.82, 2.24) is 14.5 Å². The van der Waals surface area contributed by atoms with Crippen molar-refractivity contribution in [2.75, 3.05) is 5.75 Å². The van der Waals surface area contributed by atoms with Gasteiger partial charge >= 0.3 is 5.97 Å². The van der Waals surface area contributed by atoms with E-state index in [1.165, 1.54) is 6.20 Å². The van der Waals surface area contributed by atoms with Gasteiger partial charge in [0.1, 0.15) is 5.52 Å². The Bertz CT molecular complexity index is 659. The molecule has 0 fully saturated rings. The number of allylic oxidation sites excluding steroid dienone is 1. The molecule has 0 aliphatic heterocycles. The Morgan fingerprint density at radius 2 is 2.32 bits per heavy atom. The lowest BCUT2D eigenvalue weighted by Gasteiger charge is -2.07. The van der Waals surface area contributed by atoms with Gasteiger partial charge in [0.2, 0.25) is 0 Å². The molecule has 0 saturated carbocycles. The summed E-state index contributed by atoms with van der Waals surface area (Å²) in [5, 5.41) is 9.80. The molecule has 0 spiro atoms. The van der Waals surface area contributed by atoms with Gasteiger partial charge in [-0.3, -0.25) is 9.78 Å². The van der Waals surface area contributed by atoms with Gasteiger partial charge in [-0.2, -0.15) is 0 Å². The van der Waals surface area contributed by atoms with Crippen molar-refractivity contribution in [2.24, 2.45) is 0 Å². The summed E-state index contributed by atoms with van der Waals surface area (Å²) in [7, 11) is 0. The summed E-state index contributed by atoms with van der Waals surface area (Å²) >= 11 is 10.6. The monoisotopic (exact) mass is 361 g/mol. The van der Waals surface area contributed by atoms with Crippen LogP contribution >= 0.6 is 39.3 Å². The minimum Gasteiger partial charge on any atom is -0.481 e. The zero-order chi connectivity index (χ0) is 14.0. The van der Waals surface area contributed by atoms with Gasteiger partial charge in [0, 0.05) is 10.7 Å². The van der Waals surface area contributed by atoms with Crippen molar-refractivity contribution < 1.29 is 9.90 Å². The Morgan fingerprint density at radius 3 is 2.95 bits per heavy atom. The molecule has 0 amide bonds. The van der Waals surface area contributed by atoms with E-state index in [0.717, 1.165) is 21.8 Å². The normalized spacial score (nSPS) is 10.8. The third-order valence-electron chi connectivity index (χ3n) is 2.22. The predicted octanol–water partition coefficient (Wildman–Crippen LogP) is 3.17. The van der Waals surface area contributed by atoms with Crippen molar-refractivity contribution in [3.8, 4) is 0 Å². The first kappa shape index (κ1) is 14.4. The summed E-state index contributed by atoms with van der Waals surface area (Å²) in [6.45, 7) is 4.25. The number of rotatable bonds is 5. The maximum atomic E-state index is 10.7. The summed E-state index contributed by atoms with van der Waals surface area (Å²) in [4.78, 5) is 19.0. The van der Waals surface area contributed by atoms with E-state index >= 15 is 0 Å². The number of thioether (sulfide) groups is 1. The average molecular weight is 363 g/mol. The lowest BCUT2D eigenvalue weighted by molar-refractivity contribution is -0.133. The first-order valence-corrected chi connectivity index (χ1v) is 7.32. The standard InChI is InChI=1S/C11H9BrClN3O2S/c1-6(12)4-16-10-7(13)2-14-3-8(10)15-11(16)19-5-9(17)18/h2-3H,1,4-5H2,(H,17,18). The van der Waals surface area contributed by atoms with E-state index in [0.29, 0.717) is 22.2 Å². The van der Waals surface area contributed by atoms with Crippen LogP contribution in [-0.2, 0) is 11.3 Å². The number of fused-ring (bicyclic) bond motifs is 1. The van der Waals surface area contributed by atoms with E-state index in [1.54, 1.807) is 6.20 Å². The van der Waals surface area contributed by atoms with E-state index in [9.17, 15) is 4.79 Å². The van der Waals surface area contributed by atoms with Crippen molar-refractivity contribution in [3.63, 3.8) is 0 Å². The lowest BCUT2D eigenvalue weighted by Crippen LogP contribution is -2.03. The Kier molecular flexibility index (Phi) is 4.49. The van der Waals surface area contributed by atoms with Crippen LogP contribution < -0.4 is 0 Å². The Labute approximate surface area is 126 Å². The summed E-state index contributed by atoms with van der Waals surface area (Å²) in [5.41, 5.74) is 1.36. The van der Waals surface area contributed by atoms with Gasteiger partial charge in [0.25, 0.3) is 0 Å². The highest BCUT2D eigenvalue weighted by atomic mass is 79.9. The highest BCUT2D eigenvalue weighted by Gasteiger charge is 2.15. The van der Waals surface area contributed by atoms with Gasteiger partial charge in [-0.25, -0.2) is 4.98 Å². The van der Waals surface area contributed by atoms with Gasteiger partial charge in [-0.15, -0.1) is 0 Å². The highest BCUT2D eigenvalue weighted by molar-refractivity contribution is 9.11. The number of carboxylic acid groups (broad SMARTS) is 1. The molecule has 2 aromatic rings. The van der Waals surface area contributed by atoms with Crippen LogP contribution in [0.25, 0.3) is 11.0 Å². The second-order valence-corrected chi connectivity index (χ2v) is 6.14. The van der Waals surface area contributed by atoms with E-state index in [-0.39, 0.29) is 5.75 Å². The molecule has 2 heterocycles. The van der Waals surface area contributed by atoms with Crippen LogP contribution in [0.1, 0.15) is 0 Å². The van der Waals surface area contributed by atoms with Crippen LogP contribution in [0.15, 0.2) is 28.6 Å². The van der Waals surface area contributed by atoms with Crippen LogP contribution in [0.3, 0.4) is 0 Å². The number of hydrogen-bond acceptors (Lipinski definition) is 4. The van der Waals surface area contributed by atoms with Gasteiger partial charge < -0.3 is 9.67 Å². The topological polar surface area (TPSA) is 68.0 Å². The molecule has 2 rings (SSSR count). The van der Waals surface area contributed by atoms with Crippen LogP contribution in [0.4, 0.5) is 0 Å². The molecule has 0 saturated heterocycles. The average Bonchev–Trinajstić information content (AvgIpc) is 2.65. The molecule has 100 valence electrons. The minimum absolute atomic E-state index is 0.0663. The van der Waals surface area contributed by atoms with Gasteiger partial charge in [-0.1, -0.05) is 45.9 Å². The molecule has 19 heavy (non-hydrogen) atoms. The highest BCUT2D eigenvalue weighted by Crippen LogP contribution is 2.29. The molecular formula is C11H9BrClN3O2S. The molecule has 0 aliphatic carbocycles. The molecule has 0 radical (unpaired) electrons. The summed E-state index contributed by atoms with van der Waals surface area (Å²) in [6, 6.07) is 0. The fourth-order valence-electron chi connectivity index (χ4n) is 1.58. The molecule has 0 aromatic carbocycles. The molecule has 5 nitrogen and oxygen atoms in total. The van der Waals surface area contributed by atoms with Crippen molar-refractivity contribution in [2.45, 2.75) is 11.7 Å². The van der Waals surface area contributed by atoms with E-state index in [2.05, 4.69) is 32.5 Å². The quantitative estimate of drug-likeness (QED) is 0.827. The molecule has 8 heteroatoms. The predicted molar refractivity (Wildman–Crippen MR) is 79.0 cm³/mol. The van der Waals surface area contributed by atoms with Gasteiger partial charge in [-0.05, 0) is 0 Å². The SMILES string of the molecule is C=C(Br)Cn1c(SCC(=O)O)nc2cncc(Cl)c21. The first-order chi connectivity index (χ1) is 8.99. The fraction of sp³-hybridized carbons (Fsp3) is 0.182. The number of aromatic nitrogens is 3. The number of pyridine rings is 1. The number of hydrogen-bond donors (Lipinski definition) is 1. The number of nitrogens with zero attached hydrogens (tertiary/aromatic N) is 3. The zero-order valence-electron chi connectivity index (χ0n) is 9.64. The van der Waals surface area contributed by atoms with E-state index < -0.39 is 5.97 Å². The molecule has 0 aliphatic rings. The molecule has 2 aromatic heterocycles. The Balaban J connectivity index is 2.52. The Morgan fingerprint density at radius 1 is 1.58 bits per heavy atom. The van der Waals surface area contributed by atoms with Crippen LogP contribution in [0.5, 0.6) is 0 Å². The number of carboxylic acids is 1. The summed E-state index contributed by atoms with van der Waals surface area (Å²) in [6.07, 6.45) is 3.13. The lowest BCUT2D eigenvalue weighted by atomic mass is 10.4. The molecule has 1 N–H and O–H groups in total. The van der Waals surface area contributed by atoms with Gasteiger partial charge in [0.05, 0.1) is 29.0 Å². The maximum Gasteiger partial charge on any atom is 0.313 e. The first-order valence-electron chi connectivity index (χ1n) is 5.16. The van der Waals surface area contributed by atoms with E-state index in [4.69, 9.17) is 16.7 Å². The smallest absolute Gasteiger partial charge is 0.313 e. The third kappa shape index (κ3) is 3.29. The minimum atomic E-state index is -0.898. The largest absolute Gasteiger partial charge is 0.481 e. The Hall–Kier alpha value is -1.05. The summed E-state index contributed by atoms with van der Waals surface area (Å²) < 4.78 is 2.57. The molecule has 0 unspecified atom stereocenters. The van der Waals surface area contributed by atoms with Crippen molar-refractivity contribution in [3.05, 3.63) is 28.5 Å². The number of carbonyl (C=O) groups is 1. The molecule has 0 bridgehead atoms. The van der Waals surface area contributed by atoms with Crippen LogP contribution in [-0.4, -0.2) is 31.4 Å².